The first-order valence-electron chi connectivity index (χ1n) is 5.14. The Hall–Kier alpha value is -1.79. The average Bonchev–Trinajstić information content (AvgIpc) is 2.30. The van der Waals surface area contributed by atoms with Crippen LogP contribution in [0.1, 0.15) is 29.9 Å². The van der Waals surface area contributed by atoms with Crippen molar-refractivity contribution in [2.45, 2.75) is 25.3 Å². The highest BCUT2D eigenvalue weighted by molar-refractivity contribution is 5.76. The van der Waals surface area contributed by atoms with Gasteiger partial charge in [0.2, 0.25) is 0 Å². The van der Waals surface area contributed by atoms with Gasteiger partial charge >= 0.3 is 5.97 Å². The van der Waals surface area contributed by atoms with Gasteiger partial charge in [0, 0.05) is 13.0 Å². The van der Waals surface area contributed by atoms with Crippen LogP contribution in [-0.2, 0) is 11.3 Å². The Labute approximate surface area is 95.3 Å². The molecule has 84 valence electrons. The van der Waals surface area contributed by atoms with E-state index in [1.807, 2.05) is 12.1 Å². The van der Waals surface area contributed by atoms with Gasteiger partial charge in [0.25, 0.3) is 0 Å². The zero-order chi connectivity index (χ0) is 12.0. The summed E-state index contributed by atoms with van der Waals surface area (Å²) in [6, 6.07) is 7.30. The van der Waals surface area contributed by atoms with Gasteiger partial charge in [-0.2, -0.15) is 0 Å². The lowest BCUT2D eigenvalue weighted by molar-refractivity contribution is -0.138. The summed E-state index contributed by atoms with van der Waals surface area (Å²) in [5.74, 6) is 1.10. The van der Waals surface area contributed by atoms with E-state index < -0.39 is 11.9 Å². The molecule has 1 aromatic rings. The van der Waals surface area contributed by atoms with Crippen LogP contribution in [0.3, 0.4) is 0 Å². The molecule has 0 aliphatic rings. The maximum atomic E-state index is 11.1. The van der Waals surface area contributed by atoms with E-state index in [4.69, 9.17) is 17.3 Å². The summed E-state index contributed by atoms with van der Waals surface area (Å²) >= 11 is 0. The van der Waals surface area contributed by atoms with Gasteiger partial charge < -0.3 is 10.8 Å². The topological polar surface area (TPSA) is 63.3 Å². The lowest BCUT2D eigenvalue weighted by atomic mass is 9.94. The first-order chi connectivity index (χ1) is 7.69. The summed E-state index contributed by atoms with van der Waals surface area (Å²) in [6.45, 7) is 0.461. The highest BCUT2D eigenvalue weighted by Gasteiger charge is 2.18. The van der Waals surface area contributed by atoms with Crippen molar-refractivity contribution in [2.75, 3.05) is 0 Å². The van der Waals surface area contributed by atoms with E-state index in [9.17, 15) is 4.79 Å². The third kappa shape index (κ3) is 3.11. The highest BCUT2D eigenvalue weighted by Crippen LogP contribution is 2.21. The highest BCUT2D eigenvalue weighted by atomic mass is 16.4. The number of hydrogen-bond acceptors (Lipinski definition) is 2. The van der Waals surface area contributed by atoms with Crippen LogP contribution >= 0.6 is 0 Å². The zero-order valence-corrected chi connectivity index (χ0v) is 9.02. The third-order valence-electron chi connectivity index (χ3n) is 2.49. The number of terminal acetylenes is 1. The third-order valence-corrected chi connectivity index (χ3v) is 2.49. The molecule has 0 saturated carbocycles. The van der Waals surface area contributed by atoms with Gasteiger partial charge in [-0.1, -0.05) is 24.3 Å². The van der Waals surface area contributed by atoms with Crippen LogP contribution in [0, 0.1) is 12.3 Å². The molecule has 3 nitrogen and oxygen atoms in total. The minimum atomic E-state index is -0.837. The Morgan fingerprint density at radius 1 is 1.44 bits per heavy atom. The average molecular weight is 217 g/mol. The molecule has 0 heterocycles. The number of nitrogens with two attached hydrogens (primary N) is 1. The van der Waals surface area contributed by atoms with Crippen LogP contribution in [-0.4, -0.2) is 11.1 Å². The molecule has 0 fully saturated rings. The van der Waals surface area contributed by atoms with Crippen molar-refractivity contribution in [1.82, 2.24) is 0 Å². The van der Waals surface area contributed by atoms with Crippen molar-refractivity contribution in [3.63, 3.8) is 0 Å². The molecule has 0 radical (unpaired) electrons. The molecule has 1 aromatic carbocycles. The maximum Gasteiger partial charge on any atom is 0.311 e. The molecule has 1 unspecified atom stereocenters. The molecule has 1 atom stereocenters. The fraction of sp³-hybridized carbons (Fsp3) is 0.308. The van der Waals surface area contributed by atoms with Crippen molar-refractivity contribution in [2.24, 2.45) is 5.73 Å². The van der Waals surface area contributed by atoms with Gasteiger partial charge in [0.1, 0.15) is 0 Å². The Morgan fingerprint density at radius 2 is 2.06 bits per heavy atom. The summed E-state index contributed by atoms with van der Waals surface area (Å²) in [5, 5.41) is 9.09. The molecule has 0 aliphatic heterocycles. The molecule has 0 aliphatic carbocycles. The number of hydrogen-bond donors (Lipinski definition) is 2. The fourth-order valence-electron chi connectivity index (χ4n) is 1.55. The standard InChI is InChI=1S/C13H15NO2/c1-2-3-4-12(13(15)16)11-7-5-10(9-14)6-8-11/h1,5-8,12H,3-4,9,14H2,(H,15,16). The molecule has 1 rings (SSSR count). The number of aliphatic carboxylic acids is 1. The van der Waals surface area contributed by atoms with Crippen LogP contribution in [0.5, 0.6) is 0 Å². The molecule has 0 saturated heterocycles. The normalized spacial score (nSPS) is 11.8. The van der Waals surface area contributed by atoms with E-state index in [0.717, 1.165) is 11.1 Å². The van der Waals surface area contributed by atoms with Gasteiger partial charge in [-0.3, -0.25) is 4.79 Å². The van der Waals surface area contributed by atoms with Gasteiger partial charge in [-0.25, -0.2) is 0 Å². The van der Waals surface area contributed by atoms with E-state index in [1.165, 1.54) is 0 Å². The second kappa shape index (κ2) is 5.94. The number of carboxylic acid groups (broad SMARTS) is 1. The molecule has 16 heavy (non-hydrogen) atoms. The molecule has 0 spiro atoms. The largest absolute Gasteiger partial charge is 0.481 e. The summed E-state index contributed by atoms with van der Waals surface area (Å²) in [4.78, 5) is 11.1. The minimum absolute atomic E-state index is 0.461. The molecule has 0 amide bonds. The summed E-state index contributed by atoms with van der Waals surface area (Å²) in [7, 11) is 0. The van der Waals surface area contributed by atoms with E-state index in [1.54, 1.807) is 12.1 Å². The fourth-order valence-corrected chi connectivity index (χ4v) is 1.55. The van der Waals surface area contributed by atoms with E-state index in [2.05, 4.69) is 5.92 Å². The molecular formula is C13H15NO2. The van der Waals surface area contributed by atoms with Gasteiger partial charge in [-0.05, 0) is 17.5 Å². The number of carboxylic acids is 1. The van der Waals surface area contributed by atoms with Crippen molar-refractivity contribution in [1.29, 1.82) is 0 Å². The molecule has 0 bridgehead atoms. The van der Waals surface area contributed by atoms with Crippen molar-refractivity contribution in [3.8, 4) is 12.3 Å². The van der Waals surface area contributed by atoms with E-state index >= 15 is 0 Å². The summed E-state index contributed by atoms with van der Waals surface area (Å²) in [6.07, 6.45) is 6.08. The predicted octanol–water partition coefficient (Wildman–Crippen LogP) is 1.73. The predicted molar refractivity (Wildman–Crippen MR) is 62.8 cm³/mol. The number of carbonyl (C=O) groups is 1. The second-order valence-electron chi connectivity index (χ2n) is 3.58. The van der Waals surface area contributed by atoms with Crippen LogP contribution in [0.2, 0.25) is 0 Å². The zero-order valence-electron chi connectivity index (χ0n) is 9.02. The van der Waals surface area contributed by atoms with Crippen LogP contribution in [0.15, 0.2) is 24.3 Å². The molecular weight excluding hydrogens is 202 g/mol. The lowest BCUT2D eigenvalue weighted by Crippen LogP contribution is -2.11. The smallest absolute Gasteiger partial charge is 0.311 e. The van der Waals surface area contributed by atoms with Gasteiger partial charge in [-0.15, -0.1) is 12.3 Å². The van der Waals surface area contributed by atoms with E-state index in [-0.39, 0.29) is 0 Å². The van der Waals surface area contributed by atoms with Gasteiger partial charge in [0.05, 0.1) is 5.92 Å². The number of benzene rings is 1. The van der Waals surface area contributed by atoms with E-state index in [0.29, 0.717) is 19.4 Å². The molecule has 3 heteroatoms. The first kappa shape index (κ1) is 12.3. The van der Waals surface area contributed by atoms with Crippen molar-refractivity contribution in [3.05, 3.63) is 35.4 Å². The Balaban J connectivity index is 2.84. The minimum Gasteiger partial charge on any atom is -0.481 e. The summed E-state index contributed by atoms with van der Waals surface area (Å²) in [5.41, 5.74) is 7.24. The Morgan fingerprint density at radius 3 is 2.50 bits per heavy atom. The van der Waals surface area contributed by atoms with Crippen LogP contribution in [0.4, 0.5) is 0 Å². The quantitative estimate of drug-likeness (QED) is 0.738. The van der Waals surface area contributed by atoms with Crippen LogP contribution in [0.25, 0.3) is 0 Å². The SMILES string of the molecule is C#CCCC(C(=O)O)c1ccc(CN)cc1. The van der Waals surface area contributed by atoms with Gasteiger partial charge in [0.15, 0.2) is 0 Å². The second-order valence-corrected chi connectivity index (χ2v) is 3.58. The molecule has 0 aromatic heterocycles. The van der Waals surface area contributed by atoms with Crippen LogP contribution < -0.4 is 5.73 Å². The molecule has 3 N–H and O–H groups in total. The maximum absolute atomic E-state index is 11.1. The Kier molecular flexibility index (Phi) is 4.56. The Bertz CT molecular complexity index is 389. The lowest BCUT2D eigenvalue weighted by Gasteiger charge is -2.11. The monoisotopic (exact) mass is 217 g/mol. The van der Waals surface area contributed by atoms with Crippen molar-refractivity contribution >= 4 is 5.97 Å². The summed E-state index contributed by atoms with van der Waals surface area (Å²) < 4.78 is 0. The first-order valence-corrected chi connectivity index (χ1v) is 5.14. The van der Waals surface area contributed by atoms with Crippen molar-refractivity contribution < 1.29 is 9.90 Å². The number of rotatable bonds is 5.